The van der Waals surface area contributed by atoms with Gasteiger partial charge in [-0.3, -0.25) is 14.6 Å². The van der Waals surface area contributed by atoms with Gasteiger partial charge in [0.2, 0.25) is 0 Å². The number of nitrogens with zero attached hydrogens (tertiary/aromatic N) is 1. The molecule has 1 aliphatic carbocycles. The molecule has 0 fully saturated rings. The maximum atomic E-state index is 11.7. The van der Waals surface area contributed by atoms with Crippen LogP contribution in [0.15, 0.2) is 4.79 Å². The summed E-state index contributed by atoms with van der Waals surface area (Å²) in [5.41, 5.74) is 7.79. The number of aromatic amines is 1. The summed E-state index contributed by atoms with van der Waals surface area (Å²) in [4.78, 5) is 11.7. The molecule has 0 amide bonds. The van der Waals surface area contributed by atoms with E-state index in [9.17, 15) is 4.79 Å². The van der Waals surface area contributed by atoms with Gasteiger partial charge in [0, 0.05) is 18.3 Å². The van der Waals surface area contributed by atoms with Crippen LogP contribution >= 0.6 is 0 Å². The van der Waals surface area contributed by atoms with Crippen LogP contribution in [0.5, 0.6) is 0 Å². The molecule has 2 rings (SSSR count). The molecule has 3 N–H and O–H groups in total. The monoisotopic (exact) mass is 195 g/mol. The van der Waals surface area contributed by atoms with E-state index in [2.05, 4.69) is 5.10 Å². The molecule has 4 nitrogen and oxygen atoms in total. The first-order valence-corrected chi connectivity index (χ1v) is 5.19. The Labute approximate surface area is 83.1 Å². The van der Waals surface area contributed by atoms with E-state index in [1.165, 1.54) is 0 Å². The van der Waals surface area contributed by atoms with Crippen molar-refractivity contribution in [1.29, 1.82) is 0 Å². The average molecular weight is 195 g/mol. The summed E-state index contributed by atoms with van der Waals surface area (Å²) in [6.45, 7) is 0.727. The fraction of sp³-hybridized carbons (Fsp3) is 0.700. The summed E-state index contributed by atoms with van der Waals surface area (Å²) in [6, 6.07) is 0. The van der Waals surface area contributed by atoms with Crippen LogP contribution in [-0.4, -0.2) is 16.3 Å². The highest BCUT2D eigenvalue weighted by molar-refractivity contribution is 5.20. The number of nitrogens with two attached hydrogens (primary N) is 1. The molecule has 1 atom stereocenters. The Kier molecular flexibility index (Phi) is 2.46. The van der Waals surface area contributed by atoms with Crippen LogP contribution in [0.3, 0.4) is 0 Å². The second-order valence-corrected chi connectivity index (χ2v) is 4.12. The molecule has 14 heavy (non-hydrogen) atoms. The smallest absolute Gasteiger partial charge is 0.269 e. The van der Waals surface area contributed by atoms with Gasteiger partial charge in [-0.15, -0.1) is 0 Å². The van der Waals surface area contributed by atoms with Gasteiger partial charge in [0.15, 0.2) is 0 Å². The normalized spacial score (nSPS) is 20.9. The number of fused-ring (bicyclic) bond motifs is 1. The van der Waals surface area contributed by atoms with E-state index in [0.29, 0.717) is 5.92 Å². The minimum absolute atomic E-state index is 0.140. The standard InChI is InChI=1S/C10H17N3O/c1-13-10(14)8-6-7(4-5-11)2-3-9(8)12-13/h7,12H,2-6,11H2,1H3. The van der Waals surface area contributed by atoms with Crippen LogP contribution in [0, 0.1) is 5.92 Å². The average Bonchev–Trinajstić information content (AvgIpc) is 2.45. The lowest BCUT2D eigenvalue weighted by Crippen LogP contribution is -2.22. The topological polar surface area (TPSA) is 63.8 Å². The minimum atomic E-state index is 0.140. The van der Waals surface area contributed by atoms with Crippen molar-refractivity contribution in [3.8, 4) is 0 Å². The molecule has 1 unspecified atom stereocenters. The van der Waals surface area contributed by atoms with Crippen molar-refractivity contribution in [3.05, 3.63) is 21.6 Å². The van der Waals surface area contributed by atoms with Gasteiger partial charge >= 0.3 is 0 Å². The molecule has 0 radical (unpaired) electrons. The molecule has 78 valence electrons. The van der Waals surface area contributed by atoms with E-state index in [0.717, 1.165) is 43.5 Å². The number of aromatic nitrogens is 2. The fourth-order valence-corrected chi connectivity index (χ4v) is 2.29. The number of nitrogens with one attached hydrogen (secondary N) is 1. The first kappa shape index (κ1) is 9.52. The Morgan fingerprint density at radius 3 is 3.14 bits per heavy atom. The molecule has 0 saturated heterocycles. The Morgan fingerprint density at radius 1 is 1.64 bits per heavy atom. The van der Waals surface area contributed by atoms with Crippen LogP contribution in [-0.2, 0) is 19.9 Å². The molecule has 0 spiro atoms. The fourth-order valence-electron chi connectivity index (χ4n) is 2.29. The van der Waals surface area contributed by atoms with Crippen molar-refractivity contribution in [2.24, 2.45) is 18.7 Å². The molecular formula is C10H17N3O. The zero-order valence-corrected chi connectivity index (χ0v) is 8.55. The van der Waals surface area contributed by atoms with Gasteiger partial charge in [0.1, 0.15) is 0 Å². The van der Waals surface area contributed by atoms with Gasteiger partial charge in [-0.2, -0.15) is 0 Å². The van der Waals surface area contributed by atoms with Gasteiger partial charge in [-0.05, 0) is 38.1 Å². The number of H-pyrrole nitrogens is 1. The quantitative estimate of drug-likeness (QED) is 0.706. The summed E-state index contributed by atoms with van der Waals surface area (Å²) < 4.78 is 1.58. The van der Waals surface area contributed by atoms with Gasteiger partial charge in [-0.1, -0.05) is 0 Å². The number of hydrogen-bond acceptors (Lipinski definition) is 2. The van der Waals surface area contributed by atoms with Crippen molar-refractivity contribution in [2.45, 2.75) is 25.7 Å². The molecule has 1 aromatic rings. The Bertz CT molecular complexity index is 377. The minimum Gasteiger partial charge on any atom is -0.330 e. The molecule has 0 aromatic carbocycles. The summed E-state index contributed by atoms with van der Waals surface area (Å²) in [7, 11) is 1.78. The van der Waals surface area contributed by atoms with E-state index in [1.54, 1.807) is 11.7 Å². The molecule has 0 saturated carbocycles. The van der Waals surface area contributed by atoms with Crippen LogP contribution < -0.4 is 11.3 Å². The lowest BCUT2D eigenvalue weighted by molar-refractivity contribution is 0.430. The van der Waals surface area contributed by atoms with Crippen molar-refractivity contribution in [3.63, 3.8) is 0 Å². The zero-order chi connectivity index (χ0) is 10.1. The molecule has 1 aromatic heterocycles. The van der Waals surface area contributed by atoms with Crippen LogP contribution in [0.4, 0.5) is 0 Å². The van der Waals surface area contributed by atoms with Crippen molar-refractivity contribution < 1.29 is 0 Å². The third-order valence-corrected chi connectivity index (χ3v) is 3.10. The summed E-state index contributed by atoms with van der Waals surface area (Å²) in [5.74, 6) is 0.607. The van der Waals surface area contributed by atoms with Crippen LogP contribution in [0.1, 0.15) is 24.1 Å². The van der Waals surface area contributed by atoms with Gasteiger partial charge in [0.05, 0.1) is 0 Å². The van der Waals surface area contributed by atoms with Crippen molar-refractivity contribution in [2.75, 3.05) is 6.54 Å². The highest BCUT2D eigenvalue weighted by Gasteiger charge is 2.22. The SMILES string of the molecule is Cn1[nH]c2c(c1=O)CC(CCN)CC2. The predicted octanol–water partition coefficient (Wildman–Crippen LogP) is 0.167. The second-order valence-electron chi connectivity index (χ2n) is 4.12. The Hall–Kier alpha value is -1.03. The van der Waals surface area contributed by atoms with E-state index < -0.39 is 0 Å². The number of aryl methyl sites for hydroxylation is 2. The maximum Gasteiger partial charge on any atom is 0.269 e. The highest BCUT2D eigenvalue weighted by atomic mass is 16.1. The molecule has 4 heteroatoms. The molecule has 1 heterocycles. The molecule has 0 aliphatic heterocycles. The zero-order valence-electron chi connectivity index (χ0n) is 8.55. The van der Waals surface area contributed by atoms with E-state index in [-0.39, 0.29) is 5.56 Å². The number of rotatable bonds is 2. The van der Waals surface area contributed by atoms with Gasteiger partial charge in [0.25, 0.3) is 5.56 Å². The van der Waals surface area contributed by atoms with Crippen LogP contribution in [0.25, 0.3) is 0 Å². The van der Waals surface area contributed by atoms with Gasteiger partial charge < -0.3 is 5.73 Å². The largest absolute Gasteiger partial charge is 0.330 e. The van der Waals surface area contributed by atoms with Crippen LogP contribution in [0.2, 0.25) is 0 Å². The first-order chi connectivity index (χ1) is 6.72. The maximum absolute atomic E-state index is 11.7. The number of hydrogen-bond donors (Lipinski definition) is 2. The molecule has 0 bridgehead atoms. The third-order valence-electron chi connectivity index (χ3n) is 3.10. The third kappa shape index (κ3) is 1.50. The second kappa shape index (κ2) is 3.61. The molecule has 1 aliphatic rings. The van der Waals surface area contributed by atoms with Crippen molar-refractivity contribution >= 4 is 0 Å². The lowest BCUT2D eigenvalue weighted by Gasteiger charge is -2.19. The first-order valence-electron chi connectivity index (χ1n) is 5.19. The van der Waals surface area contributed by atoms with E-state index in [4.69, 9.17) is 5.73 Å². The van der Waals surface area contributed by atoms with Gasteiger partial charge in [-0.25, -0.2) is 0 Å². The predicted molar refractivity (Wildman–Crippen MR) is 55.2 cm³/mol. The highest BCUT2D eigenvalue weighted by Crippen LogP contribution is 2.23. The van der Waals surface area contributed by atoms with E-state index >= 15 is 0 Å². The van der Waals surface area contributed by atoms with E-state index in [1.807, 2.05) is 0 Å². The summed E-state index contributed by atoms with van der Waals surface area (Å²) in [5, 5.41) is 3.10. The summed E-state index contributed by atoms with van der Waals surface area (Å²) >= 11 is 0. The lowest BCUT2D eigenvalue weighted by atomic mass is 9.86. The molecular weight excluding hydrogens is 178 g/mol. The van der Waals surface area contributed by atoms with Crippen molar-refractivity contribution in [1.82, 2.24) is 9.78 Å². The summed E-state index contributed by atoms with van der Waals surface area (Å²) in [6.07, 6.45) is 4.09. The Balaban J connectivity index is 2.25. The Morgan fingerprint density at radius 2 is 2.43 bits per heavy atom.